The quantitative estimate of drug-likeness (QED) is 0.513. The number of carboxylic acids is 1. The minimum absolute atomic E-state index is 0.00359. The van der Waals surface area contributed by atoms with E-state index in [1.54, 1.807) is 0 Å². The van der Waals surface area contributed by atoms with Gasteiger partial charge in [-0.1, -0.05) is 61.9 Å². The zero-order valence-corrected chi connectivity index (χ0v) is 19.5. The summed E-state index contributed by atoms with van der Waals surface area (Å²) in [4.78, 5) is 36.1. The summed E-state index contributed by atoms with van der Waals surface area (Å²) in [5, 5.41) is 14.7. The van der Waals surface area contributed by atoms with E-state index in [1.165, 1.54) is 11.1 Å². The van der Waals surface area contributed by atoms with Crippen molar-refractivity contribution in [3.05, 3.63) is 59.7 Å². The summed E-state index contributed by atoms with van der Waals surface area (Å²) < 4.78 is 5.64. The van der Waals surface area contributed by atoms with E-state index in [-0.39, 0.29) is 42.7 Å². The lowest BCUT2D eigenvalue weighted by Crippen LogP contribution is -2.44. The van der Waals surface area contributed by atoms with Gasteiger partial charge >= 0.3 is 12.1 Å². The van der Waals surface area contributed by atoms with Gasteiger partial charge in [0.05, 0.1) is 5.92 Å². The molecule has 0 spiro atoms. The number of nitrogens with one attached hydrogen (secondary N) is 2. The largest absolute Gasteiger partial charge is 0.481 e. The van der Waals surface area contributed by atoms with Crippen molar-refractivity contribution in [3.8, 4) is 11.1 Å². The second-order valence-electron chi connectivity index (χ2n) is 9.40. The molecule has 2 aromatic rings. The average Bonchev–Trinajstić information content (AvgIpc) is 3.39. The minimum Gasteiger partial charge on any atom is -0.481 e. The number of hydrogen-bond donors (Lipinski definition) is 3. The molecule has 1 fully saturated rings. The first kappa shape index (κ1) is 23.8. The SMILES string of the molecule is CC(CCNC(=O)[C@H]1CCC[C@H]1NC(=O)OCC1c2ccccc2-c2ccccc21)CC(=O)O. The molecule has 4 rings (SSSR count). The summed E-state index contributed by atoms with van der Waals surface area (Å²) >= 11 is 0. The van der Waals surface area contributed by atoms with E-state index < -0.39 is 12.1 Å². The van der Waals surface area contributed by atoms with Gasteiger partial charge in [0.1, 0.15) is 6.61 Å². The van der Waals surface area contributed by atoms with E-state index in [9.17, 15) is 14.4 Å². The fraction of sp³-hybridized carbons (Fsp3) is 0.444. The van der Waals surface area contributed by atoms with Crippen LogP contribution >= 0.6 is 0 Å². The number of rotatable bonds is 9. The Labute approximate surface area is 199 Å². The Morgan fingerprint density at radius 1 is 1.03 bits per heavy atom. The van der Waals surface area contributed by atoms with Gasteiger partial charge in [0.15, 0.2) is 0 Å². The molecule has 0 heterocycles. The fourth-order valence-electron chi connectivity index (χ4n) is 5.21. The summed E-state index contributed by atoms with van der Waals surface area (Å²) in [6.45, 7) is 2.53. The zero-order chi connectivity index (χ0) is 24.1. The number of aliphatic carboxylic acids is 1. The molecule has 2 aliphatic rings. The van der Waals surface area contributed by atoms with E-state index in [0.29, 0.717) is 19.4 Å². The van der Waals surface area contributed by atoms with Crippen LogP contribution in [0.1, 0.15) is 56.1 Å². The van der Waals surface area contributed by atoms with Crippen LogP contribution in [-0.2, 0) is 14.3 Å². The van der Waals surface area contributed by atoms with Gasteiger partial charge in [-0.3, -0.25) is 9.59 Å². The van der Waals surface area contributed by atoms with Gasteiger partial charge in [0, 0.05) is 24.9 Å². The van der Waals surface area contributed by atoms with E-state index in [4.69, 9.17) is 9.84 Å². The smallest absolute Gasteiger partial charge is 0.407 e. The van der Waals surface area contributed by atoms with Crippen molar-refractivity contribution >= 4 is 18.0 Å². The van der Waals surface area contributed by atoms with Gasteiger partial charge < -0.3 is 20.5 Å². The number of alkyl carbamates (subject to hydrolysis) is 1. The van der Waals surface area contributed by atoms with Crippen LogP contribution in [0.25, 0.3) is 11.1 Å². The van der Waals surface area contributed by atoms with Gasteiger partial charge in [-0.25, -0.2) is 4.79 Å². The summed E-state index contributed by atoms with van der Waals surface area (Å²) in [7, 11) is 0. The Balaban J connectivity index is 1.28. The standard InChI is InChI=1S/C27H32N2O5/c1-17(15-25(30)31)13-14-28-26(32)22-11-6-12-24(22)29-27(33)34-16-23-20-9-4-2-7-18(20)19-8-3-5-10-21(19)23/h2-5,7-10,17,22-24H,6,11-16H2,1H3,(H,28,32)(H,29,33)(H,30,31)/t17?,22-,24+/m0/s1. The molecule has 1 unspecified atom stereocenters. The Kier molecular flexibility index (Phi) is 7.50. The lowest BCUT2D eigenvalue weighted by Gasteiger charge is -2.21. The van der Waals surface area contributed by atoms with Crippen molar-refractivity contribution in [2.75, 3.05) is 13.2 Å². The first-order chi connectivity index (χ1) is 16.4. The van der Waals surface area contributed by atoms with Crippen LogP contribution in [0.3, 0.4) is 0 Å². The maximum atomic E-state index is 12.7. The molecular weight excluding hydrogens is 432 g/mol. The number of carbonyl (C=O) groups excluding carboxylic acids is 2. The van der Waals surface area contributed by atoms with Crippen LogP contribution in [0.4, 0.5) is 4.79 Å². The third-order valence-electron chi connectivity index (χ3n) is 6.96. The summed E-state index contributed by atoms with van der Waals surface area (Å²) in [5.74, 6) is -1.23. The number of carboxylic acid groups (broad SMARTS) is 1. The monoisotopic (exact) mass is 464 g/mol. The van der Waals surface area contributed by atoms with Crippen LogP contribution < -0.4 is 10.6 Å². The summed E-state index contributed by atoms with van der Waals surface area (Å²) in [5.41, 5.74) is 4.67. The molecule has 3 atom stereocenters. The van der Waals surface area contributed by atoms with E-state index in [0.717, 1.165) is 24.0 Å². The molecular formula is C27H32N2O5. The molecule has 180 valence electrons. The Bertz CT molecular complexity index is 1010. The molecule has 3 N–H and O–H groups in total. The number of benzene rings is 2. The van der Waals surface area contributed by atoms with Gasteiger partial charge in [-0.15, -0.1) is 0 Å². The summed E-state index contributed by atoms with van der Waals surface area (Å²) in [6, 6.07) is 16.1. The molecule has 2 amide bonds. The second-order valence-corrected chi connectivity index (χ2v) is 9.40. The molecule has 7 heteroatoms. The second kappa shape index (κ2) is 10.7. The number of fused-ring (bicyclic) bond motifs is 3. The van der Waals surface area contributed by atoms with E-state index >= 15 is 0 Å². The van der Waals surface area contributed by atoms with Gasteiger partial charge in [0.2, 0.25) is 5.91 Å². The first-order valence-corrected chi connectivity index (χ1v) is 12.0. The third-order valence-corrected chi connectivity index (χ3v) is 6.96. The Morgan fingerprint density at radius 3 is 2.32 bits per heavy atom. The molecule has 0 aromatic heterocycles. The maximum absolute atomic E-state index is 12.7. The molecule has 0 bridgehead atoms. The van der Waals surface area contributed by atoms with E-state index in [1.807, 2.05) is 31.2 Å². The average molecular weight is 465 g/mol. The van der Waals surface area contributed by atoms with Crippen molar-refractivity contribution in [2.24, 2.45) is 11.8 Å². The molecule has 0 aliphatic heterocycles. The molecule has 0 saturated heterocycles. The number of carbonyl (C=O) groups is 3. The van der Waals surface area contributed by atoms with Gasteiger partial charge in [-0.2, -0.15) is 0 Å². The topological polar surface area (TPSA) is 105 Å². The van der Waals surface area contributed by atoms with Gasteiger partial charge in [0.25, 0.3) is 0 Å². The first-order valence-electron chi connectivity index (χ1n) is 12.0. The lowest BCUT2D eigenvalue weighted by atomic mass is 9.98. The lowest BCUT2D eigenvalue weighted by molar-refractivity contribution is -0.138. The number of amides is 2. The van der Waals surface area contributed by atoms with Crippen molar-refractivity contribution in [1.29, 1.82) is 0 Å². The number of hydrogen-bond acceptors (Lipinski definition) is 4. The molecule has 34 heavy (non-hydrogen) atoms. The predicted octanol–water partition coefficient (Wildman–Crippen LogP) is 4.31. The van der Waals surface area contributed by atoms with Crippen LogP contribution in [0.15, 0.2) is 48.5 Å². The molecule has 0 radical (unpaired) electrons. The van der Waals surface area contributed by atoms with E-state index in [2.05, 4.69) is 34.9 Å². The molecule has 2 aliphatic carbocycles. The maximum Gasteiger partial charge on any atom is 0.407 e. The van der Waals surface area contributed by atoms with Crippen LogP contribution in [0.5, 0.6) is 0 Å². The van der Waals surface area contributed by atoms with Crippen molar-refractivity contribution < 1.29 is 24.2 Å². The highest BCUT2D eigenvalue weighted by Gasteiger charge is 2.35. The van der Waals surface area contributed by atoms with Crippen molar-refractivity contribution in [3.63, 3.8) is 0 Å². The Hall–Kier alpha value is -3.35. The third kappa shape index (κ3) is 5.41. The predicted molar refractivity (Wildman–Crippen MR) is 128 cm³/mol. The molecule has 7 nitrogen and oxygen atoms in total. The van der Waals surface area contributed by atoms with Gasteiger partial charge in [-0.05, 0) is 47.4 Å². The summed E-state index contributed by atoms with van der Waals surface area (Å²) in [6.07, 6.45) is 2.51. The van der Waals surface area contributed by atoms with Crippen molar-refractivity contribution in [2.45, 2.75) is 51.0 Å². The Morgan fingerprint density at radius 2 is 1.68 bits per heavy atom. The highest BCUT2D eigenvalue weighted by molar-refractivity contribution is 5.81. The molecule has 1 saturated carbocycles. The van der Waals surface area contributed by atoms with Crippen LogP contribution in [0, 0.1) is 11.8 Å². The van der Waals surface area contributed by atoms with Crippen LogP contribution in [-0.4, -0.2) is 42.3 Å². The number of ether oxygens (including phenoxy) is 1. The molecule has 2 aromatic carbocycles. The normalized spacial score (nSPS) is 19.7. The fourth-order valence-corrected chi connectivity index (χ4v) is 5.21. The highest BCUT2D eigenvalue weighted by Crippen LogP contribution is 2.44. The van der Waals surface area contributed by atoms with Crippen molar-refractivity contribution in [1.82, 2.24) is 10.6 Å². The van der Waals surface area contributed by atoms with Crippen LogP contribution in [0.2, 0.25) is 0 Å². The highest BCUT2D eigenvalue weighted by atomic mass is 16.5. The zero-order valence-electron chi connectivity index (χ0n) is 19.5. The minimum atomic E-state index is -0.832.